The molecule has 0 saturated carbocycles. The van der Waals surface area contributed by atoms with Gasteiger partial charge < -0.3 is 4.42 Å². The molecule has 6 nitrogen and oxygen atoms in total. The number of aryl methyl sites for hydroxylation is 2. The Morgan fingerprint density at radius 1 is 1.19 bits per heavy atom. The minimum atomic E-state index is -0.351. The van der Waals surface area contributed by atoms with E-state index in [1.54, 1.807) is 16.8 Å². The van der Waals surface area contributed by atoms with Crippen LogP contribution in [0.3, 0.4) is 0 Å². The lowest BCUT2D eigenvalue weighted by molar-refractivity contribution is 0.0996. The number of nitrogens with zero attached hydrogens (tertiary/aromatic N) is 3. The van der Waals surface area contributed by atoms with Crippen LogP contribution in [-0.2, 0) is 12.8 Å². The standard InChI is InChI=1S/C15H12N4O2/c20-14(12-6-3-9-21-12)17-15-16-13-8-7-10-4-1-2-5-11(10)19(13)18-15/h1-6,9H,7-8H2,(H,17,18,20). The molecule has 6 heteroatoms. The Balaban J connectivity index is 1.66. The summed E-state index contributed by atoms with van der Waals surface area (Å²) < 4.78 is 6.84. The number of furan rings is 1. The van der Waals surface area contributed by atoms with Crippen molar-refractivity contribution < 1.29 is 9.21 Å². The fraction of sp³-hybridized carbons (Fsp3) is 0.133. The molecule has 0 radical (unpaired) electrons. The van der Waals surface area contributed by atoms with E-state index in [1.807, 2.05) is 18.2 Å². The molecule has 21 heavy (non-hydrogen) atoms. The summed E-state index contributed by atoms with van der Waals surface area (Å²) in [6, 6.07) is 11.3. The van der Waals surface area contributed by atoms with Crippen LogP contribution in [0.15, 0.2) is 47.1 Å². The van der Waals surface area contributed by atoms with Crippen LogP contribution in [0, 0.1) is 0 Å². The number of fused-ring (bicyclic) bond motifs is 3. The van der Waals surface area contributed by atoms with Gasteiger partial charge in [-0.05, 0) is 30.2 Å². The molecule has 0 fully saturated rings. The number of hydrogen-bond donors (Lipinski definition) is 1. The van der Waals surface area contributed by atoms with E-state index >= 15 is 0 Å². The van der Waals surface area contributed by atoms with E-state index < -0.39 is 0 Å². The van der Waals surface area contributed by atoms with E-state index in [0.717, 1.165) is 24.4 Å². The summed E-state index contributed by atoms with van der Waals surface area (Å²) in [7, 11) is 0. The maximum atomic E-state index is 11.9. The summed E-state index contributed by atoms with van der Waals surface area (Å²) >= 11 is 0. The van der Waals surface area contributed by atoms with Crippen LogP contribution in [0.4, 0.5) is 5.95 Å². The number of anilines is 1. The van der Waals surface area contributed by atoms with Gasteiger partial charge in [0, 0.05) is 6.42 Å². The quantitative estimate of drug-likeness (QED) is 0.781. The lowest BCUT2D eigenvalue weighted by Crippen LogP contribution is -2.13. The number of benzene rings is 1. The lowest BCUT2D eigenvalue weighted by atomic mass is 10.0. The molecule has 0 atom stereocenters. The van der Waals surface area contributed by atoms with Crippen molar-refractivity contribution in [3.8, 4) is 5.69 Å². The third-order valence-corrected chi connectivity index (χ3v) is 3.48. The van der Waals surface area contributed by atoms with E-state index in [9.17, 15) is 4.79 Å². The third-order valence-electron chi connectivity index (χ3n) is 3.48. The highest BCUT2D eigenvalue weighted by Crippen LogP contribution is 2.23. The van der Waals surface area contributed by atoms with Gasteiger partial charge in [-0.15, -0.1) is 5.10 Å². The Morgan fingerprint density at radius 2 is 2.10 bits per heavy atom. The highest BCUT2D eigenvalue weighted by atomic mass is 16.3. The van der Waals surface area contributed by atoms with E-state index in [4.69, 9.17) is 4.42 Å². The Hall–Kier alpha value is -2.89. The van der Waals surface area contributed by atoms with E-state index in [-0.39, 0.29) is 11.7 Å². The summed E-state index contributed by atoms with van der Waals surface area (Å²) in [5.41, 5.74) is 2.25. The maximum Gasteiger partial charge on any atom is 0.293 e. The number of rotatable bonds is 2. The van der Waals surface area contributed by atoms with Crippen molar-refractivity contribution in [3.05, 3.63) is 59.8 Å². The molecular formula is C15H12N4O2. The summed E-state index contributed by atoms with van der Waals surface area (Å²) in [6.45, 7) is 0. The normalized spacial score (nSPS) is 12.6. The van der Waals surface area contributed by atoms with Gasteiger partial charge in [0.2, 0.25) is 5.95 Å². The van der Waals surface area contributed by atoms with Crippen LogP contribution >= 0.6 is 0 Å². The molecule has 2 aromatic heterocycles. The largest absolute Gasteiger partial charge is 0.459 e. The minimum absolute atomic E-state index is 0.239. The van der Waals surface area contributed by atoms with Gasteiger partial charge in [0.25, 0.3) is 5.91 Å². The van der Waals surface area contributed by atoms with Crippen molar-refractivity contribution in [1.29, 1.82) is 0 Å². The molecule has 104 valence electrons. The van der Waals surface area contributed by atoms with Gasteiger partial charge in [-0.1, -0.05) is 18.2 Å². The Labute approximate surface area is 120 Å². The molecule has 1 aliphatic rings. The number of hydrogen-bond acceptors (Lipinski definition) is 4. The molecule has 0 saturated heterocycles. The first-order valence-corrected chi connectivity index (χ1v) is 6.70. The highest BCUT2D eigenvalue weighted by molar-refractivity contribution is 6.01. The second-order valence-corrected chi connectivity index (χ2v) is 4.82. The Morgan fingerprint density at radius 3 is 2.95 bits per heavy atom. The Kier molecular flexibility index (Phi) is 2.60. The molecule has 3 heterocycles. The van der Waals surface area contributed by atoms with E-state index in [0.29, 0.717) is 5.95 Å². The molecular weight excluding hydrogens is 268 g/mol. The zero-order valence-electron chi connectivity index (χ0n) is 11.1. The smallest absolute Gasteiger partial charge is 0.293 e. The third kappa shape index (κ3) is 2.01. The summed E-state index contributed by atoms with van der Waals surface area (Å²) in [6.07, 6.45) is 3.19. The van der Waals surface area contributed by atoms with Crippen LogP contribution in [0.5, 0.6) is 0 Å². The van der Waals surface area contributed by atoms with Gasteiger partial charge >= 0.3 is 0 Å². The van der Waals surface area contributed by atoms with Crippen molar-refractivity contribution in [3.63, 3.8) is 0 Å². The molecule has 1 amide bonds. The van der Waals surface area contributed by atoms with Crippen LogP contribution in [0.2, 0.25) is 0 Å². The van der Waals surface area contributed by atoms with E-state index in [2.05, 4.69) is 21.5 Å². The first kappa shape index (κ1) is 11.9. The molecule has 4 rings (SSSR count). The van der Waals surface area contributed by atoms with Crippen LogP contribution in [-0.4, -0.2) is 20.7 Å². The average Bonchev–Trinajstić information content (AvgIpc) is 3.16. The molecule has 1 aliphatic heterocycles. The first-order valence-electron chi connectivity index (χ1n) is 6.70. The first-order chi connectivity index (χ1) is 10.3. The second kappa shape index (κ2) is 4.59. The average molecular weight is 280 g/mol. The van der Waals surface area contributed by atoms with Gasteiger partial charge in [-0.25, -0.2) is 4.68 Å². The molecule has 1 aromatic carbocycles. The van der Waals surface area contributed by atoms with E-state index in [1.165, 1.54) is 11.8 Å². The van der Waals surface area contributed by atoms with Crippen LogP contribution < -0.4 is 5.32 Å². The molecule has 0 unspecified atom stereocenters. The molecule has 3 aromatic rings. The highest BCUT2D eigenvalue weighted by Gasteiger charge is 2.20. The number of para-hydroxylation sites is 1. The number of carbonyl (C=O) groups excluding carboxylic acids is 1. The topological polar surface area (TPSA) is 73.0 Å². The zero-order chi connectivity index (χ0) is 14.2. The van der Waals surface area contributed by atoms with Gasteiger partial charge in [-0.3, -0.25) is 10.1 Å². The number of carbonyl (C=O) groups is 1. The monoisotopic (exact) mass is 280 g/mol. The van der Waals surface area contributed by atoms with Gasteiger partial charge in [-0.2, -0.15) is 4.98 Å². The fourth-order valence-electron chi connectivity index (χ4n) is 2.50. The number of nitrogens with one attached hydrogen (secondary N) is 1. The summed E-state index contributed by atoms with van der Waals surface area (Å²) in [4.78, 5) is 16.3. The van der Waals surface area contributed by atoms with Crippen LogP contribution in [0.25, 0.3) is 5.69 Å². The fourth-order valence-corrected chi connectivity index (χ4v) is 2.50. The molecule has 0 spiro atoms. The van der Waals surface area contributed by atoms with Crippen molar-refractivity contribution in [2.24, 2.45) is 0 Å². The zero-order valence-corrected chi connectivity index (χ0v) is 11.1. The predicted octanol–water partition coefficient (Wildman–Crippen LogP) is 2.21. The summed E-state index contributed by atoms with van der Waals surface area (Å²) in [5.74, 6) is 1.03. The molecule has 0 bridgehead atoms. The second-order valence-electron chi connectivity index (χ2n) is 4.82. The maximum absolute atomic E-state index is 11.9. The van der Waals surface area contributed by atoms with Gasteiger partial charge in [0.05, 0.1) is 12.0 Å². The number of amides is 1. The summed E-state index contributed by atoms with van der Waals surface area (Å²) in [5, 5.41) is 7.03. The van der Waals surface area contributed by atoms with Crippen molar-refractivity contribution in [1.82, 2.24) is 14.8 Å². The lowest BCUT2D eigenvalue weighted by Gasteiger charge is -2.15. The van der Waals surface area contributed by atoms with Gasteiger partial charge in [0.1, 0.15) is 5.82 Å². The minimum Gasteiger partial charge on any atom is -0.459 e. The van der Waals surface area contributed by atoms with Crippen LogP contribution in [0.1, 0.15) is 21.9 Å². The van der Waals surface area contributed by atoms with Gasteiger partial charge in [0.15, 0.2) is 5.76 Å². The SMILES string of the molecule is O=C(Nc1nc2n(n1)-c1ccccc1CC2)c1ccco1. The number of aromatic nitrogens is 3. The van der Waals surface area contributed by atoms with Crippen molar-refractivity contribution in [2.75, 3.05) is 5.32 Å². The molecule has 0 aliphatic carbocycles. The Bertz CT molecular complexity index is 805. The predicted molar refractivity (Wildman–Crippen MR) is 75.4 cm³/mol. The molecule has 1 N–H and O–H groups in total. The van der Waals surface area contributed by atoms with Crippen molar-refractivity contribution >= 4 is 11.9 Å². The van der Waals surface area contributed by atoms with Crippen molar-refractivity contribution in [2.45, 2.75) is 12.8 Å².